The molecule has 3 aromatic rings. The Balaban J connectivity index is 1.37. The fraction of sp³-hybridized carbons (Fsp3) is 0.400. The lowest BCUT2D eigenvalue weighted by atomic mass is 9.99. The number of ether oxygens (including phenoxy) is 2. The highest BCUT2D eigenvalue weighted by Gasteiger charge is 2.27. The van der Waals surface area contributed by atoms with Gasteiger partial charge in [-0.2, -0.15) is 0 Å². The Kier molecular flexibility index (Phi) is 6.00. The molecular formula is C25H29N5O4. The summed E-state index contributed by atoms with van der Waals surface area (Å²) in [5.74, 6) is 1.83. The van der Waals surface area contributed by atoms with Crippen molar-refractivity contribution in [1.82, 2.24) is 19.8 Å². The fourth-order valence-corrected chi connectivity index (χ4v) is 4.53. The molecule has 0 spiro atoms. The number of amides is 3. The van der Waals surface area contributed by atoms with Crippen LogP contribution >= 0.6 is 0 Å². The molecule has 0 unspecified atom stereocenters. The Bertz CT molecular complexity index is 1220. The smallest absolute Gasteiger partial charge is 0.413 e. The second-order valence-corrected chi connectivity index (χ2v) is 8.98. The molecule has 1 aromatic heterocycles. The Labute approximate surface area is 198 Å². The molecule has 2 aliphatic rings. The average Bonchev–Trinajstić information content (AvgIpc) is 3.12. The van der Waals surface area contributed by atoms with Crippen molar-refractivity contribution >= 4 is 29.1 Å². The van der Waals surface area contributed by atoms with Crippen molar-refractivity contribution in [1.29, 1.82) is 0 Å². The van der Waals surface area contributed by atoms with Crippen molar-refractivity contribution in [3.05, 3.63) is 42.0 Å². The highest BCUT2D eigenvalue weighted by molar-refractivity contribution is 5.88. The Morgan fingerprint density at radius 2 is 1.85 bits per heavy atom. The van der Waals surface area contributed by atoms with Crippen molar-refractivity contribution < 1.29 is 19.1 Å². The molecule has 0 saturated carbocycles. The molecule has 0 atom stereocenters. The molecule has 3 amide bonds. The summed E-state index contributed by atoms with van der Waals surface area (Å²) in [6.45, 7) is 5.47. The highest BCUT2D eigenvalue weighted by Crippen LogP contribution is 2.31. The molecule has 2 aliphatic heterocycles. The summed E-state index contributed by atoms with van der Waals surface area (Å²) in [5, 5.41) is 2.55. The molecular weight excluding hydrogens is 434 g/mol. The number of H-pyrrole nitrogens is 1. The molecule has 0 bridgehead atoms. The number of imidazole rings is 1. The average molecular weight is 464 g/mol. The number of nitrogens with one attached hydrogen (secondary N) is 2. The Morgan fingerprint density at radius 3 is 2.65 bits per heavy atom. The minimum Gasteiger partial charge on any atom is -0.491 e. The number of hydrogen-bond acceptors (Lipinski definition) is 5. The number of carbonyl (C=O) groups is 2. The molecule has 0 aliphatic carbocycles. The van der Waals surface area contributed by atoms with Gasteiger partial charge in [-0.05, 0) is 54.2 Å². The van der Waals surface area contributed by atoms with Crippen LogP contribution in [0.25, 0.3) is 22.2 Å². The first-order chi connectivity index (χ1) is 16.5. The normalized spacial score (nSPS) is 16.5. The standard InChI is InChI=1S/C25H29N5O4/c1-16-7-9-29(10-8-16)25(32)30-11-12-34-22-6-4-17(13-19(22)15-30)18-3-5-20-21(14-18)27-23(26-20)28-24(31)33-2/h3-6,13-14,16H,7-12,15H2,1-2H3,(H2,26,27,28,31). The predicted molar refractivity (Wildman–Crippen MR) is 129 cm³/mol. The first-order valence-corrected chi connectivity index (χ1v) is 11.6. The molecule has 3 heterocycles. The second-order valence-electron chi connectivity index (χ2n) is 8.98. The summed E-state index contributed by atoms with van der Waals surface area (Å²) in [5.41, 5.74) is 4.54. The Morgan fingerprint density at radius 1 is 1.09 bits per heavy atom. The third kappa shape index (κ3) is 4.50. The van der Waals surface area contributed by atoms with Crippen molar-refractivity contribution in [2.24, 2.45) is 5.92 Å². The largest absolute Gasteiger partial charge is 0.491 e. The van der Waals surface area contributed by atoms with E-state index in [1.165, 1.54) is 7.11 Å². The number of aromatic nitrogens is 2. The molecule has 1 fully saturated rings. The van der Waals surface area contributed by atoms with Crippen LogP contribution in [0, 0.1) is 5.92 Å². The lowest BCUT2D eigenvalue weighted by Gasteiger charge is -2.34. The SMILES string of the molecule is COC(=O)Nc1nc2ccc(-c3ccc4c(c3)CN(C(=O)N3CCC(C)CC3)CCO4)cc2[nH]1. The minimum absolute atomic E-state index is 0.0956. The number of urea groups is 1. The molecule has 178 valence electrons. The molecule has 34 heavy (non-hydrogen) atoms. The number of piperidine rings is 1. The van der Waals surface area contributed by atoms with Gasteiger partial charge in [0.1, 0.15) is 12.4 Å². The number of aromatic amines is 1. The fourth-order valence-electron chi connectivity index (χ4n) is 4.53. The zero-order valence-electron chi connectivity index (χ0n) is 19.5. The van der Waals surface area contributed by atoms with Gasteiger partial charge in [0.05, 0.1) is 31.2 Å². The molecule has 0 radical (unpaired) electrons. The summed E-state index contributed by atoms with van der Waals surface area (Å²) in [7, 11) is 1.31. The van der Waals surface area contributed by atoms with E-state index in [4.69, 9.17) is 4.74 Å². The third-order valence-corrected chi connectivity index (χ3v) is 6.59. The second kappa shape index (κ2) is 9.24. The van der Waals surface area contributed by atoms with Crippen molar-refractivity contribution in [2.75, 3.05) is 38.7 Å². The van der Waals surface area contributed by atoms with Gasteiger partial charge >= 0.3 is 12.1 Å². The van der Waals surface area contributed by atoms with Crippen LogP contribution in [0.2, 0.25) is 0 Å². The molecule has 9 nitrogen and oxygen atoms in total. The van der Waals surface area contributed by atoms with Gasteiger partial charge in [0.2, 0.25) is 5.95 Å². The maximum absolute atomic E-state index is 13.2. The van der Waals surface area contributed by atoms with Crippen LogP contribution in [0.5, 0.6) is 5.75 Å². The number of rotatable bonds is 2. The maximum Gasteiger partial charge on any atom is 0.413 e. The topological polar surface area (TPSA) is 99.8 Å². The van der Waals surface area contributed by atoms with Crippen LogP contribution in [0.3, 0.4) is 0 Å². The van der Waals surface area contributed by atoms with Gasteiger partial charge in [-0.1, -0.05) is 19.1 Å². The van der Waals surface area contributed by atoms with Crippen LogP contribution in [0.4, 0.5) is 15.5 Å². The number of hydrogen-bond donors (Lipinski definition) is 2. The number of likely N-dealkylation sites (tertiary alicyclic amines) is 1. The quantitative estimate of drug-likeness (QED) is 0.585. The summed E-state index contributed by atoms with van der Waals surface area (Å²) < 4.78 is 10.6. The monoisotopic (exact) mass is 463 g/mol. The molecule has 5 rings (SSSR count). The van der Waals surface area contributed by atoms with E-state index in [0.717, 1.165) is 59.4 Å². The summed E-state index contributed by atoms with van der Waals surface area (Å²) in [6, 6.07) is 12.1. The van der Waals surface area contributed by atoms with E-state index in [2.05, 4.69) is 33.0 Å². The van der Waals surface area contributed by atoms with E-state index < -0.39 is 6.09 Å². The maximum atomic E-state index is 13.2. The van der Waals surface area contributed by atoms with Crippen LogP contribution in [0.1, 0.15) is 25.3 Å². The first kappa shape index (κ1) is 22.1. The minimum atomic E-state index is -0.580. The van der Waals surface area contributed by atoms with Gasteiger partial charge < -0.3 is 24.3 Å². The lowest BCUT2D eigenvalue weighted by Crippen LogP contribution is -2.46. The van der Waals surface area contributed by atoms with Gasteiger partial charge in [0, 0.05) is 18.7 Å². The summed E-state index contributed by atoms with van der Waals surface area (Å²) in [4.78, 5) is 36.0. The van der Waals surface area contributed by atoms with E-state index in [-0.39, 0.29) is 6.03 Å². The zero-order chi connectivity index (χ0) is 23.7. The van der Waals surface area contributed by atoms with E-state index in [1.807, 2.05) is 40.1 Å². The van der Waals surface area contributed by atoms with Crippen LogP contribution in [-0.4, -0.2) is 65.2 Å². The zero-order valence-corrected chi connectivity index (χ0v) is 19.5. The van der Waals surface area contributed by atoms with Crippen molar-refractivity contribution in [3.63, 3.8) is 0 Å². The lowest BCUT2D eigenvalue weighted by molar-refractivity contribution is 0.129. The molecule has 2 N–H and O–H groups in total. The van der Waals surface area contributed by atoms with E-state index in [0.29, 0.717) is 31.6 Å². The van der Waals surface area contributed by atoms with E-state index >= 15 is 0 Å². The van der Waals surface area contributed by atoms with Gasteiger partial charge in [0.15, 0.2) is 0 Å². The highest BCUT2D eigenvalue weighted by atomic mass is 16.5. The van der Waals surface area contributed by atoms with Gasteiger partial charge in [-0.25, -0.2) is 14.6 Å². The first-order valence-electron chi connectivity index (χ1n) is 11.6. The number of anilines is 1. The van der Waals surface area contributed by atoms with Crippen molar-refractivity contribution in [3.8, 4) is 16.9 Å². The number of benzene rings is 2. The number of fused-ring (bicyclic) bond motifs is 2. The Hall–Kier alpha value is -3.75. The van der Waals surface area contributed by atoms with Crippen LogP contribution in [-0.2, 0) is 11.3 Å². The number of carbonyl (C=O) groups excluding carboxylic acids is 2. The van der Waals surface area contributed by atoms with Gasteiger partial charge in [-0.3, -0.25) is 5.32 Å². The third-order valence-electron chi connectivity index (χ3n) is 6.59. The van der Waals surface area contributed by atoms with Gasteiger partial charge in [-0.15, -0.1) is 0 Å². The molecule has 9 heteroatoms. The summed E-state index contributed by atoms with van der Waals surface area (Å²) >= 11 is 0. The number of methoxy groups -OCH3 is 1. The van der Waals surface area contributed by atoms with Gasteiger partial charge in [0.25, 0.3) is 0 Å². The van der Waals surface area contributed by atoms with Crippen LogP contribution in [0.15, 0.2) is 36.4 Å². The molecule has 2 aromatic carbocycles. The predicted octanol–water partition coefficient (Wildman–Crippen LogP) is 4.45. The molecule has 1 saturated heterocycles. The summed E-state index contributed by atoms with van der Waals surface area (Å²) in [6.07, 6.45) is 1.54. The van der Waals surface area contributed by atoms with Crippen molar-refractivity contribution in [2.45, 2.75) is 26.3 Å². The van der Waals surface area contributed by atoms with E-state index in [9.17, 15) is 9.59 Å². The van der Waals surface area contributed by atoms with E-state index in [1.54, 1.807) is 0 Å². The number of nitrogens with zero attached hydrogens (tertiary/aromatic N) is 3. The van der Waals surface area contributed by atoms with Crippen LogP contribution < -0.4 is 10.1 Å².